The van der Waals surface area contributed by atoms with Crippen molar-refractivity contribution in [3.05, 3.63) is 90.3 Å². The smallest absolute Gasteiger partial charge is 0.324 e. The summed E-state index contributed by atoms with van der Waals surface area (Å²) in [6, 6.07) is 17.5. The third-order valence-electron chi connectivity index (χ3n) is 13.2. The molecule has 15 nitrogen and oxygen atoms in total. The standard InChI is InChI=1S/C51H62N8O7/c1-9-43(60)57-23-19-36(29-57)48(62)56(7)45(31(2)3)47(61)54-41-26-33-13-10-14-34(25-33)35-17-18-42-38(27-35)39(46(58(42)24-20-52)37-15-11-21-53-44(37)32(4)65-8)28-51(5,6)30-66-50(64)40-16-12-22-59(55-40)49(41)63/h9-11,13-15,17-18,21,25,27,31-32,36,40-41,45,55H,1,12,16,19,22-24,26,28-30H2,2-8H3,(H,54,61)/t32-,36-,40-,41-,45-/m0/s1. The van der Waals surface area contributed by atoms with Gasteiger partial charge in [-0.2, -0.15) is 5.26 Å². The van der Waals surface area contributed by atoms with Gasteiger partial charge in [-0.25, -0.2) is 5.43 Å². The SMILES string of the molecule is C=CC(=O)N1CC[C@H](C(=O)N(C)[C@H](C(=O)N[C@H]2Cc3cccc(c3)-c3ccc4c(c3)c(c(-c3cccnc3[C@H](C)OC)n4CC#N)CC(C)(C)COC(=O)[C@@H]3CCCN(N3)C2=O)C(C)C)C1. The summed E-state index contributed by atoms with van der Waals surface area (Å²) < 4.78 is 13.9. The number of aromatic nitrogens is 2. The van der Waals surface area contributed by atoms with Crippen LogP contribution in [0, 0.1) is 28.6 Å². The van der Waals surface area contributed by atoms with Crippen LogP contribution in [-0.4, -0.2) is 112 Å². The van der Waals surface area contributed by atoms with Gasteiger partial charge in [-0.3, -0.25) is 34.0 Å². The Morgan fingerprint density at radius 3 is 2.59 bits per heavy atom. The van der Waals surface area contributed by atoms with E-state index in [1.807, 2.05) is 87.7 Å². The molecule has 0 radical (unpaired) electrons. The highest BCUT2D eigenvalue weighted by Crippen LogP contribution is 2.42. The van der Waals surface area contributed by atoms with Crippen molar-refractivity contribution in [3.8, 4) is 28.5 Å². The average Bonchev–Trinajstić information content (AvgIpc) is 3.92. The number of amides is 4. The second-order valence-corrected chi connectivity index (χ2v) is 19.0. The van der Waals surface area contributed by atoms with Gasteiger partial charge in [0.15, 0.2) is 0 Å². The minimum absolute atomic E-state index is 0.0728. The second-order valence-electron chi connectivity index (χ2n) is 19.0. The van der Waals surface area contributed by atoms with Crippen LogP contribution in [0.3, 0.4) is 0 Å². The number of rotatable bonds is 10. The number of hydrazine groups is 1. The molecule has 4 aromatic rings. The number of ether oxygens (including phenoxy) is 2. The van der Waals surface area contributed by atoms with Gasteiger partial charge in [0.1, 0.15) is 24.7 Å². The molecule has 0 spiro atoms. The number of methoxy groups -OCH3 is 1. The quantitative estimate of drug-likeness (QED) is 0.147. The molecule has 0 unspecified atom stereocenters. The number of pyridine rings is 1. The van der Waals surface area contributed by atoms with Gasteiger partial charge in [-0.1, -0.05) is 64.6 Å². The summed E-state index contributed by atoms with van der Waals surface area (Å²) in [7, 11) is 3.24. The molecule has 6 bridgehead atoms. The minimum atomic E-state index is -1.08. The lowest BCUT2D eigenvalue weighted by atomic mass is 9.84. The zero-order valence-electron chi connectivity index (χ0n) is 39.1. The third kappa shape index (κ3) is 9.90. The molecule has 0 aliphatic carbocycles. The molecule has 4 amide bonds. The van der Waals surface area contributed by atoms with Gasteiger partial charge in [-0.05, 0) is 91.1 Å². The molecule has 7 rings (SSSR count). The van der Waals surface area contributed by atoms with Crippen LogP contribution in [0.2, 0.25) is 0 Å². The summed E-state index contributed by atoms with van der Waals surface area (Å²) in [6.07, 6.45) is 4.66. The highest BCUT2D eigenvalue weighted by atomic mass is 16.5. The molecular weight excluding hydrogens is 837 g/mol. The van der Waals surface area contributed by atoms with Crippen LogP contribution in [0.5, 0.6) is 0 Å². The fourth-order valence-electron chi connectivity index (χ4n) is 9.79. The zero-order valence-corrected chi connectivity index (χ0v) is 39.1. The number of nitrogens with zero attached hydrogens (tertiary/aromatic N) is 6. The van der Waals surface area contributed by atoms with E-state index in [4.69, 9.17) is 14.5 Å². The number of likely N-dealkylation sites (tertiary alicyclic amines) is 1. The van der Waals surface area contributed by atoms with Crippen molar-refractivity contribution in [2.75, 3.05) is 40.4 Å². The lowest BCUT2D eigenvalue weighted by Crippen LogP contribution is -2.62. The van der Waals surface area contributed by atoms with Gasteiger partial charge in [0, 0.05) is 68.3 Å². The number of likely N-dealkylation sites (N-methyl/N-ethyl adjacent to an activating group) is 1. The van der Waals surface area contributed by atoms with Gasteiger partial charge < -0.3 is 29.2 Å². The van der Waals surface area contributed by atoms with E-state index in [9.17, 15) is 29.2 Å². The van der Waals surface area contributed by atoms with E-state index < -0.39 is 47.2 Å². The van der Waals surface area contributed by atoms with E-state index in [-0.39, 0.29) is 50.0 Å². The molecule has 5 heterocycles. The average molecular weight is 899 g/mol. The third-order valence-corrected chi connectivity index (χ3v) is 13.2. The summed E-state index contributed by atoms with van der Waals surface area (Å²) in [5.74, 6) is -2.70. The predicted octanol–water partition coefficient (Wildman–Crippen LogP) is 5.77. The zero-order chi connectivity index (χ0) is 47.4. The maximum Gasteiger partial charge on any atom is 0.324 e. The maximum atomic E-state index is 14.7. The van der Waals surface area contributed by atoms with Gasteiger partial charge in [0.05, 0.1) is 36.1 Å². The van der Waals surface area contributed by atoms with Crippen molar-refractivity contribution in [3.63, 3.8) is 0 Å². The van der Waals surface area contributed by atoms with Gasteiger partial charge in [0.2, 0.25) is 17.7 Å². The molecular formula is C51H62N8O7. The molecule has 0 saturated carbocycles. The van der Waals surface area contributed by atoms with Crippen molar-refractivity contribution < 1.29 is 33.4 Å². The number of cyclic esters (lactones) is 1. The first-order valence-corrected chi connectivity index (χ1v) is 22.9. The Hall–Kier alpha value is -6.37. The molecule has 2 saturated heterocycles. The molecule has 348 valence electrons. The van der Waals surface area contributed by atoms with Crippen molar-refractivity contribution >= 4 is 40.5 Å². The van der Waals surface area contributed by atoms with Crippen molar-refractivity contribution in [2.24, 2.45) is 17.3 Å². The van der Waals surface area contributed by atoms with Crippen LogP contribution in [0.4, 0.5) is 0 Å². The van der Waals surface area contributed by atoms with E-state index in [0.717, 1.165) is 50.1 Å². The van der Waals surface area contributed by atoms with Crippen LogP contribution < -0.4 is 10.7 Å². The van der Waals surface area contributed by atoms with Crippen LogP contribution in [-0.2, 0) is 52.8 Å². The van der Waals surface area contributed by atoms with E-state index in [2.05, 4.69) is 29.5 Å². The summed E-state index contributed by atoms with van der Waals surface area (Å²) in [5, 5.41) is 15.6. The Balaban J connectivity index is 1.30. The fourth-order valence-corrected chi connectivity index (χ4v) is 9.79. The number of nitriles is 1. The first kappa shape index (κ1) is 47.6. The Morgan fingerprint density at radius 1 is 1.09 bits per heavy atom. The maximum absolute atomic E-state index is 14.7. The van der Waals surface area contributed by atoms with Crippen LogP contribution >= 0.6 is 0 Å². The Morgan fingerprint density at radius 2 is 1.86 bits per heavy atom. The first-order valence-electron chi connectivity index (χ1n) is 22.9. The molecule has 2 fully saturated rings. The molecule has 66 heavy (non-hydrogen) atoms. The number of nitrogens with one attached hydrogen (secondary N) is 2. The first-order chi connectivity index (χ1) is 31.5. The number of esters is 1. The Bertz CT molecular complexity index is 2560. The lowest BCUT2D eigenvalue weighted by Gasteiger charge is -2.37. The Labute approximate surface area is 387 Å². The number of fused-ring (bicyclic) bond motifs is 6. The largest absolute Gasteiger partial charge is 0.464 e. The minimum Gasteiger partial charge on any atom is -0.464 e. The number of carbonyl (C=O) groups excluding carboxylic acids is 5. The van der Waals surface area contributed by atoms with Crippen LogP contribution in [0.1, 0.15) is 76.8 Å². The van der Waals surface area contributed by atoms with Crippen molar-refractivity contribution in [2.45, 2.75) is 97.5 Å². The highest BCUT2D eigenvalue weighted by Gasteiger charge is 2.40. The van der Waals surface area contributed by atoms with Crippen LogP contribution in [0.25, 0.3) is 33.3 Å². The van der Waals surface area contributed by atoms with Crippen molar-refractivity contribution in [1.82, 2.24) is 35.1 Å². The Kier molecular flexibility index (Phi) is 14.4. The highest BCUT2D eigenvalue weighted by molar-refractivity contribution is 5.96. The summed E-state index contributed by atoms with van der Waals surface area (Å²) in [5.41, 5.74) is 9.38. The van der Waals surface area contributed by atoms with Crippen molar-refractivity contribution in [1.29, 1.82) is 5.26 Å². The number of hydrogen-bond donors (Lipinski definition) is 2. The molecule has 15 heteroatoms. The molecule has 5 atom stereocenters. The monoisotopic (exact) mass is 898 g/mol. The van der Waals surface area contributed by atoms with E-state index in [1.54, 1.807) is 25.3 Å². The summed E-state index contributed by atoms with van der Waals surface area (Å²) in [4.78, 5) is 77.1. The fraction of sp³-hybridized carbons (Fsp3) is 0.471. The number of benzene rings is 2. The van der Waals surface area contributed by atoms with Crippen LogP contribution in [0.15, 0.2) is 73.4 Å². The molecule has 3 aliphatic heterocycles. The number of carbonyl (C=O) groups is 5. The molecule has 2 aromatic heterocycles. The predicted molar refractivity (Wildman–Crippen MR) is 250 cm³/mol. The second kappa shape index (κ2) is 20.0. The topological polar surface area (TPSA) is 179 Å². The molecule has 2 N–H and O–H groups in total. The summed E-state index contributed by atoms with van der Waals surface area (Å²) in [6.45, 7) is 14.4. The summed E-state index contributed by atoms with van der Waals surface area (Å²) >= 11 is 0. The molecule has 2 aromatic carbocycles. The van der Waals surface area contributed by atoms with Gasteiger partial charge in [0.25, 0.3) is 5.91 Å². The normalized spacial score (nSPS) is 20.8. The lowest BCUT2D eigenvalue weighted by molar-refractivity contribution is -0.155. The number of hydrogen-bond acceptors (Lipinski definition) is 10. The van der Waals surface area contributed by atoms with E-state index in [0.29, 0.717) is 38.8 Å². The van der Waals surface area contributed by atoms with Gasteiger partial charge >= 0.3 is 5.97 Å². The molecule has 3 aliphatic rings. The van der Waals surface area contributed by atoms with E-state index >= 15 is 0 Å². The van der Waals surface area contributed by atoms with E-state index in [1.165, 1.54) is 16.0 Å². The van der Waals surface area contributed by atoms with Gasteiger partial charge in [-0.15, -0.1) is 0 Å².